The van der Waals surface area contributed by atoms with Crippen molar-refractivity contribution in [2.24, 2.45) is 0 Å². The molecular weight excluding hydrogens is 350 g/mol. The first-order chi connectivity index (χ1) is 12.7. The van der Waals surface area contributed by atoms with Crippen molar-refractivity contribution in [2.75, 3.05) is 13.2 Å². The molecule has 0 atom stereocenters. The van der Waals surface area contributed by atoms with Gasteiger partial charge in [0, 0.05) is 6.54 Å². The summed E-state index contributed by atoms with van der Waals surface area (Å²) in [6.45, 7) is 4.86. The van der Waals surface area contributed by atoms with Gasteiger partial charge >= 0.3 is 0 Å². The van der Waals surface area contributed by atoms with Crippen molar-refractivity contribution in [3.05, 3.63) is 58.9 Å². The van der Waals surface area contributed by atoms with E-state index in [1.165, 1.54) is 16.7 Å². The SMILES string of the molecule is CCCN1C(=O)C(SCc2ccco2)=C(c2ccc(OCC)cc2)C1=O. The molecule has 0 N–H and O–H groups in total. The van der Waals surface area contributed by atoms with Crippen LogP contribution in [0.15, 0.2) is 52.0 Å². The summed E-state index contributed by atoms with van der Waals surface area (Å²) in [6.07, 6.45) is 2.33. The number of furan rings is 1. The Morgan fingerprint density at radius 3 is 2.46 bits per heavy atom. The summed E-state index contributed by atoms with van der Waals surface area (Å²) in [5, 5.41) is 0. The number of nitrogens with zero attached hydrogens (tertiary/aromatic N) is 1. The average molecular weight is 371 g/mol. The summed E-state index contributed by atoms with van der Waals surface area (Å²) in [4.78, 5) is 27.5. The zero-order chi connectivity index (χ0) is 18.5. The number of ether oxygens (including phenoxy) is 1. The molecule has 0 aliphatic carbocycles. The van der Waals surface area contributed by atoms with E-state index in [0.717, 1.165) is 23.5 Å². The molecule has 0 saturated heterocycles. The van der Waals surface area contributed by atoms with Gasteiger partial charge in [0.15, 0.2) is 0 Å². The fraction of sp³-hybridized carbons (Fsp3) is 0.300. The predicted molar refractivity (Wildman–Crippen MR) is 102 cm³/mol. The Balaban J connectivity index is 1.93. The third-order valence-electron chi connectivity index (χ3n) is 3.97. The predicted octanol–water partition coefficient (Wildman–Crippen LogP) is 4.10. The van der Waals surface area contributed by atoms with Gasteiger partial charge in [0.05, 0.1) is 29.1 Å². The first-order valence-electron chi connectivity index (χ1n) is 8.64. The maximum atomic E-state index is 12.9. The molecule has 5 nitrogen and oxygen atoms in total. The molecule has 0 unspecified atom stereocenters. The van der Waals surface area contributed by atoms with E-state index in [9.17, 15) is 9.59 Å². The highest BCUT2D eigenvalue weighted by atomic mass is 32.2. The number of carbonyl (C=O) groups excluding carboxylic acids is 2. The van der Waals surface area contributed by atoms with Gasteiger partial charge in [-0.15, -0.1) is 11.8 Å². The summed E-state index contributed by atoms with van der Waals surface area (Å²) in [7, 11) is 0. The van der Waals surface area contributed by atoms with Gasteiger partial charge in [-0.25, -0.2) is 0 Å². The van der Waals surface area contributed by atoms with Crippen LogP contribution in [0.4, 0.5) is 0 Å². The molecular formula is C20H21NO4S. The number of thioether (sulfide) groups is 1. The van der Waals surface area contributed by atoms with Crippen LogP contribution in [0.1, 0.15) is 31.6 Å². The maximum Gasteiger partial charge on any atom is 0.267 e. The van der Waals surface area contributed by atoms with Gasteiger partial charge in [0.25, 0.3) is 11.8 Å². The van der Waals surface area contributed by atoms with Crippen LogP contribution in [0.3, 0.4) is 0 Å². The van der Waals surface area contributed by atoms with E-state index in [2.05, 4.69) is 0 Å². The van der Waals surface area contributed by atoms with Crippen LogP contribution in [0.2, 0.25) is 0 Å². The van der Waals surface area contributed by atoms with Gasteiger partial charge < -0.3 is 9.15 Å². The molecule has 1 aromatic carbocycles. The molecule has 2 amide bonds. The van der Waals surface area contributed by atoms with E-state index in [1.807, 2.05) is 50.2 Å². The quantitative estimate of drug-likeness (QED) is 0.654. The highest BCUT2D eigenvalue weighted by Gasteiger charge is 2.38. The number of hydrogen-bond donors (Lipinski definition) is 0. The minimum Gasteiger partial charge on any atom is -0.494 e. The van der Waals surface area contributed by atoms with E-state index >= 15 is 0 Å². The van der Waals surface area contributed by atoms with Crippen molar-refractivity contribution in [2.45, 2.75) is 26.0 Å². The van der Waals surface area contributed by atoms with Gasteiger partial charge in [-0.05, 0) is 43.2 Å². The lowest BCUT2D eigenvalue weighted by atomic mass is 10.1. The standard InChI is InChI=1S/C20H21NO4S/c1-3-11-21-19(22)17(14-7-9-15(10-8-14)24-4-2)18(20(21)23)26-13-16-6-5-12-25-16/h5-10,12H,3-4,11,13H2,1-2H3. The molecule has 0 fully saturated rings. The number of imide groups is 1. The second-order valence-corrected chi connectivity index (χ2v) is 6.78. The summed E-state index contributed by atoms with van der Waals surface area (Å²) in [5.41, 5.74) is 1.19. The molecule has 6 heteroatoms. The third kappa shape index (κ3) is 3.70. The number of rotatable bonds is 8. The van der Waals surface area contributed by atoms with Gasteiger partial charge in [-0.1, -0.05) is 19.1 Å². The van der Waals surface area contributed by atoms with Crippen molar-refractivity contribution >= 4 is 29.1 Å². The van der Waals surface area contributed by atoms with Crippen molar-refractivity contribution in [3.8, 4) is 5.75 Å². The first kappa shape index (κ1) is 18.3. The lowest BCUT2D eigenvalue weighted by molar-refractivity contribution is -0.136. The highest BCUT2D eigenvalue weighted by Crippen LogP contribution is 2.38. The fourth-order valence-electron chi connectivity index (χ4n) is 2.79. The average Bonchev–Trinajstić information content (AvgIpc) is 3.24. The lowest BCUT2D eigenvalue weighted by Gasteiger charge is -2.13. The Labute approximate surface area is 157 Å². The number of hydrogen-bond acceptors (Lipinski definition) is 5. The molecule has 0 saturated carbocycles. The van der Waals surface area contributed by atoms with E-state index in [0.29, 0.717) is 29.4 Å². The Hall–Kier alpha value is -2.47. The Morgan fingerprint density at radius 1 is 1.08 bits per heavy atom. The minimum atomic E-state index is -0.233. The third-order valence-corrected chi connectivity index (χ3v) is 5.06. The molecule has 0 bridgehead atoms. The number of carbonyl (C=O) groups is 2. The van der Waals surface area contributed by atoms with Gasteiger partial charge in [0.2, 0.25) is 0 Å². The van der Waals surface area contributed by atoms with E-state index in [4.69, 9.17) is 9.15 Å². The van der Waals surface area contributed by atoms with Crippen LogP contribution in [0.25, 0.3) is 5.57 Å². The highest BCUT2D eigenvalue weighted by molar-refractivity contribution is 8.03. The number of benzene rings is 1. The summed E-state index contributed by atoms with van der Waals surface area (Å²) < 4.78 is 10.8. The van der Waals surface area contributed by atoms with E-state index in [1.54, 1.807) is 6.26 Å². The zero-order valence-electron chi connectivity index (χ0n) is 14.9. The maximum absolute atomic E-state index is 12.9. The molecule has 3 rings (SSSR count). The van der Waals surface area contributed by atoms with E-state index in [-0.39, 0.29) is 11.8 Å². The van der Waals surface area contributed by atoms with Crippen molar-refractivity contribution in [1.29, 1.82) is 0 Å². The first-order valence-corrected chi connectivity index (χ1v) is 9.63. The van der Waals surface area contributed by atoms with Crippen LogP contribution < -0.4 is 4.74 Å². The molecule has 0 spiro atoms. The van der Waals surface area contributed by atoms with Crippen LogP contribution in [0.5, 0.6) is 5.75 Å². The largest absolute Gasteiger partial charge is 0.494 e. The summed E-state index contributed by atoms with van der Waals surface area (Å²) >= 11 is 1.34. The topological polar surface area (TPSA) is 59.8 Å². The normalized spacial score (nSPS) is 14.5. The molecule has 26 heavy (non-hydrogen) atoms. The van der Waals surface area contributed by atoms with Crippen LogP contribution in [-0.2, 0) is 15.3 Å². The molecule has 1 aliphatic rings. The monoisotopic (exact) mass is 371 g/mol. The zero-order valence-corrected chi connectivity index (χ0v) is 15.7. The van der Waals surface area contributed by atoms with Crippen molar-refractivity contribution in [3.63, 3.8) is 0 Å². The minimum absolute atomic E-state index is 0.225. The molecule has 0 radical (unpaired) electrons. The van der Waals surface area contributed by atoms with Crippen LogP contribution in [-0.4, -0.2) is 29.9 Å². The van der Waals surface area contributed by atoms with Crippen LogP contribution in [0, 0.1) is 0 Å². The molecule has 136 valence electrons. The number of amides is 2. The Morgan fingerprint density at radius 2 is 1.85 bits per heavy atom. The Kier molecular flexibility index (Phi) is 5.83. The van der Waals surface area contributed by atoms with Gasteiger partial charge in [-0.2, -0.15) is 0 Å². The van der Waals surface area contributed by atoms with E-state index < -0.39 is 0 Å². The fourth-order valence-corrected chi connectivity index (χ4v) is 3.83. The summed E-state index contributed by atoms with van der Waals surface area (Å²) in [6, 6.07) is 11.0. The summed E-state index contributed by atoms with van der Waals surface area (Å²) in [5.74, 6) is 1.55. The van der Waals surface area contributed by atoms with Crippen molar-refractivity contribution in [1.82, 2.24) is 4.90 Å². The lowest BCUT2D eigenvalue weighted by Crippen LogP contribution is -2.32. The molecule has 2 heterocycles. The second-order valence-electron chi connectivity index (χ2n) is 5.79. The molecule has 1 aromatic heterocycles. The van der Waals surface area contributed by atoms with Gasteiger partial charge in [0.1, 0.15) is 11.5 Å². The Bertz CT molecular complexity index is 809. The van der Waals surface area contributed by atoms with Crippen molar-refractivity contribution < 1.29 is 18.7 Å². The molecule has 2 aromatic rings. The van der Waals surface area contributed by atoms with Gasteiger partial charge in [-0.3, -0.25) is 14.5 Å². The van der Waals surface area contributed by atoms with Crippen LogP contribution >= 0.6 is 11.8 Å². The smallest absolute Gasteiger partial charge is 0.267 e. The molecule has 1 aliphatic heterocycles. The second kappa shape index (κ2) is 8.27.